The number of rotatable bonds is 3. The van der Waals surface area contributed by atoms with E-state index in [1.807, 2.05) is 46.9 Å². The molecule has 1 aromatic heterocycles. The van der Waals surface area contributed by atoms with Crippen molar-refractivity contribution in [2.45, 2.75) is 51.2 Å². The van der Waals surface area contributed by atoms with Crippen LogP contribution < -0.4 is 0 Å². The van der Waals surface area contributed by atoms with E-state index in [1.165, 1.54) is 12.8 Å². The third kappa shape index (κ3) is 2.84. The fourth-order valence-corrected chi connectivity index (χ4v) is 4.54. The normalized spacial score (nSPS) is 20.6. The van der Waals surface area contributed by atoms with Crippen LogP contribution in [-0.4, -0.2) is 46.5 Å². The number of nitrogens with zero attached hydrogens (tertiary/aromatic N) is 2. The van der Waals surface area contributed by atoms with E-state index in [1.54, 1.807) is 6.92 Å². The van der Waals surface area contributed by atoms with E-state index in [0.29, 0.717) is 25.3 Å². The number of amides is 1. The Kier molecular flexibility index (Phi) is 4.35. The number of para-hydroxylation sites is 1. The molecule has 1 amide bonds. The summed E-state index contributed by atoms with van der Waals surface area (Å²) in [5.41, 5.74) is 1.48. The maximum Gasteiger partial charge on any atom is 0.245 e. The molecule has 1 atom stereocenters. The summed E-state index contributed by atoms with van der Waals surface area (Å²) in [6, 6.07) is 7.45. The van der Waals surface area contributed by atoms with Crippen LogP contribution in [0.15, 0.2) is 30.5 Å². The van der Waals surface area contributed by atoms with E-state index in [-0.39, 0.29) is 23.3 Å². The smallest absolute Gasteiger partial charge is 0.245 e. The highest BCUT2D eigenvalue weighted by Gasteiger charge is 2.41. The van der Waals surface area contributed by atoms with Crippen molar-refractivity contribution in [1.29, 1.82) is 0 Å². The van der Waals surface area contributed by atoms with Crippen molar-refractivity contribution in [2.24, 2.45) is 0 Å². The lowest BCUT2D eigenvalue weighted by molar-refractivity contribution is -0.152. The molecule has 2 heterocycles. The van der Waals surface area contributed by atoms with E-state index in [9.17, 15) is 9.59 Å². The lowest BCUT2D eigenvalue weighted by Gasteiger charge is -2.41. The standard InChI is InChI=1S/C21H26N2O3/c1-15(20(25)22-11-12-26-21(14-22)9-5-6-10-21)23-13-18(16(2)24)17-7-3-4-8-19(17)23/h3-4,7-8,13,15H,5-6,9-12,14H2,1-2H3. The van der Waals surface area contributed by atoms with Crippen molar-refractivity contribution in [3.63, 3.8) is 0 Å². The number of ketones is 1. The van der Waals surface area contributed by atoms with Gasteiger partial charge in [-0.1, -0.05) is 31.0 Å². The van der Waals surface area contributed by atoms with Gasteiger partial charge in [0.25, 0.3) is 0 Å². The van der Waals surface area contributed by atoms with Crippen LogP contribution in [0, 0.1) is 0 Å². The second kappa shape index (κ2) is 6.54. The van der Waals surface area contributed by atoms with Crippen molar-refractivity contribution in [1.82, 2.24) is 9.47 Å². The van der Waals surface area contributed by atoms with Crippen LogP contribution in [0.4, 0.5) is 0 Å². The molecule has 1 unspecified atom stereocenters. The van der Waals surface area contributed by atoms with Crippen LogP contribution in [0.3, 0.4) is 0 Å². The molecule has 0 radical (unpaired) electrons. The maximum absolute atomic E-state index is 13.2. The minimum atomic E-state index is -0.343. The minimum Gasteiger partial charge on any atom is -0.371 e. The predicted molar refractivity (Wildman–Crippen MR) is 100 cm³/mol. The second-order valence-electron chi connectivity index (χ2n) is 7.70. The topological polar surface area (TPSA) is 51.5 Å². The van der Waals surface area contributed by atoms with Gasteiger partial charge in [-0.2, -0.15) is 0 Å². The van der Waals surface area contributed by atoms with Gasteiger partial charge in [0.1, 0.15) is 6.04 Å². The van der Waals surface area contributed by atoms with Gasteiger partial charge >= 0.3 is 0 Å². The van der Waals surface area contributed by atoms with Crippen LogP contribution in [0.1, 0.15) is 55.9 Å². The number of fused-ring (bicyclic) bond motifs is 1. The van der Waals surface area contributed by atoms with Gasteiger partial charge < -0.3 is 14.2 Å². The van der Waals surface area contributed by atoms with E-state index in [0.717, 1.165) is 23.7 Å². The Balaban J connectivity index is 1.63. The van der Waals surface area contributed by atoms with Crippen LogP contribution in [0.5, 0.6) is 0 Å². The Morgan fingerprint density at radius 1 is 1.19 bits per heavy atom. The summed E-state index contributed by atoms with van der Waals surface area (Å²) >= 11 is 0. The molecule has 26 heavy (non-hydrogen) atoms. The highest BCUT2D eigenvalue weighted by molar-refractivity contribution is 6.07. The first-order chi connectivity index (χ1) is 12.5. The van der Waals surface area contributed by atoms with E-state index in [2.05, 4.69) is 0 Å². The van der Waals surface area contributed by atoms with Gasteiger partial charge in [-0.05, 0) is 32.8 Å². The Labute approximate surface area is 153 Å². The molecule has 1 aliphatic carbocycles. The van der Waals surface area contributed by atoms with E-state index in [4.69, 9.17) is 4.74 Å². The summed E-state index contributed by atoms with van der Waals surface area (Å²) in [5, 5.41) is 0.911. The third-order valence-corrected chi connectivity index (χ3v) is 5.97. The number of Topliss-reactive ketones (excluding diaryl/α,β-unsaturated/α-hetero) is 1. The third-order valence-electron chi connectivity index (χ3n) is 5.97. The fourth-order valence-electron chi connectivity index (χ4n) is 4.54. The van der Waals surface area contributed by atoms with Crippen molar-refractivity contribution in [3.05, 3.63) is 36.0 Å². The summed E-state index contributed by atoms with van der Waals surface area (Å²) in [7, 11) is 0. The molecule has 5 heteroatoms. The molecule has 138 valence electrons. The number of aromatic nitrogens is 1. The Morgan fingerprint density at radius 2 is 1.92 bits per heavy atom. The molecule has 2 aliphatic rings. The number of ether oxygens (including phenoxy) is 1. The highest BCUT2D eigenvalue weighted by Crippen LogP contribution is 2.36. The van der Waals surface area contributed by atoms with Crippen molar-refractivity contribution in [2.75, 3.05) is 19.7 Å². The molecule has 2 aromatic rings. The fraction of sp³-hybridized carbons (Fsp3) is 0.524. The molecule has 1 saturated carbocycles. The van der Waals surface area contributed by atoms with Gasteiger partial charge in [-0.25, -0.2) is 0 Å². The van der Waals surface area contributed by atoms with Crippen molar-refractivity contribution in [3.8, 4) is 0 Å². The van der Waals surface area contributed by atoms with Crippen LogP contribution >= 0.6 is 0 Å². The first-order valence-corrected chi connectivity index (χ1v) is 9.54. The second-order valence-corrected chi connectivity index (χ2v) is 7.70. The Morgan fingerprint density at radius 3 is 2.65 bits per heavy atom. The number of hydrogen-bond donors (Lipinski definition) is 0. The number of carbonyl (C=O) groups excluding carboxylic acids is 2. The summed E-state index contributed by atoms with van der Waals surface area (Å²) < 4.78 is 8.00. The van der Waals surface area contributed by atoms with E-state index < -0.39 is 0 Å². The minimum absolute atomic E-state index is 0.0240. The molecule has 5 nitrogen and oxygen atoms in total. The van der Waals surface area contributed by atoms with Gasteiger partial charge in [0, 0.05) is 35.8 Å². The largest absolute Gasteiger partial charge is 0.371 e. The molecule has 4 rings (SSSR count). The van der Waals surface area contributed by atoms with Gasteiger partial charge in [0.15, 0.2) is 5.78 Å². The SMILES string of the molecule is CC(=O)c1cn(C(C)C(=O)N2CCOC3(CCCC3)C2)c2ccccc12. The average Bonchev–Trinajstić information content (AvgIpc) is 3.25. The van der Waals surface area contributed by atoms with Gasteiger partial charge in [-0.15, -0.1) is 0 Å². The zero-order valence-corrected chi connectivity index (χ0v) is 15.5. The quantitative estimate of drug-likeness (QED) is 0.792. The zero-order chi connectivity index (χ0) is 18.3. The molecule has 0 bridgehead atoms. The molecule has 1 aromatic carbocycles. The summed E-state index contributed by atoms with van der Waals surface area (Å²) in [5.74, 6) is 0.131. The molecule has 2 fully saturated rings. The monoisotopic (exact) mass is 354 g/mol. The van der Waals surface area contributed by atoms with Gasteiger partial charge in [0.05, 0.1) is 12.2 Å². The number of benzene rings is 1. The molecule has 1 saturated heterocycles. The summed E-state index contributed by atoms with van der Waals surface area (Å²) in [6.07, 6.45) is 6.29. The highest BCUT2D eigenvalue weighted by atomic mass is 16.5. The summed E-state index contributed by atoms with van der Waals surface area (Å²) in [4.78, 5) is 27.2. The molecule has 1 spiro atoms. The van der Waals surface area contributed by atoms with Gasteiger partial charge in [-0.3, -0.25) is 9.59 Å². The lowest BCUT2D eigenvalue weighted by atomic mass is 9.99. The summed E-state index contributed by atoms with van der Waals surface area (Å²) in [6.45, 7) is 5.45. The number of carbonyl (C=O) groups is 2. The predicted octanol–water partition coefficient (Wildman–Crippen LogP) is 3.58. The molecule has 1 aliphatic heterocycles. The Bertz CT molecular complexity index is 848. The first-order valence-electron chi connectivity index (χ1n) is 9.54. The zero-order valence-electron chi connectivity index (χ0n) is 15.5. The average molecular weight is 354 g/mol. The van der Waals surface area contributed by atoms with Crippen LogP contribution in [0.25, 0.3) is 10.9 Å². The van der Waals surface area contributed by atoms with Crippen LogP contribution in [0.2, 0.25) is 0 Å². The van der Waals surface area contributed by atoms with Crippen molar-refractivity contribution >= 4 is 22.6 Å². The number of morpholine rings is 1. The Hall–Kier alpha value is -2.14. The lowest BCUT2D eigenvalue weighted by Crippen LogP contribution is -2.53. The van der Waals surface area contributed by atoms with Crippen molar-refractivity contribution < 1.29 is 14.3 Å². The molecular formula is C21H26N2O3. The van der Waals surface area contributed by atoms with E-state index >= 15 is 0 Å². The molecular weight excluding hydrogens is 328 g/mol. The van der Waals surface area contributed by atoms with Crippen LogP contribution in [-0.2, 0) is 9.53 Å². The number of hydrogen-bond acceptors (Lipinski definition) is 3. The van der Waals surface area contributed by atoms with Gasteiger partial charge in [0.2, 0.25) is 5.91 Å². The molecule has 0 N–H and O–H groups in total. The first kappa shape index (κ1) is 17.3. The maximum atomic E-state index is 13.2.